The van der Waals surface area contributed by atoms with E-state index in [2.05, 4.69) is 22.2 Å². The molecule has 0 radical (unpaired) electrons. The minimum atomic E-state index is -0.0137. The highest BCUT2D eigenvalue weighted by Crippen LogP contribution is 2.13. The molecule has 1 amide bonds. The number of rotatable bonds is 5. The Morgan fingerprint density at radius 2 is 2.22 bits per heavy atom. The highest BCUT2D eigenvalue weighted by atomic mass is 16.1. The van der Waals surface area contributed by atoms with Gasteiger partial charge in [-0.3, -0.25) is 4.79 Å². The van der Waals surface area contributed by atoms with Crippen molar-refractivity contribution in [3.05, 3.63) is 29.6 Å². The van der Waals surface area contributed by atoms with Gasteiger partial charge in [-0.25, -0.2) is 4.98 Å². The fourth-order valence-corrected chi connectivity index (χ4v) is 1.96. The van der Waals surface area contributed by atoms with Crippen molar-refractivity contribution in [3.63, 3.8) is 0 Å². The zero-order chi connectivity index (χ0) is 13.0. The average Bonchev–Trinajstić information content (AvgIpc) is 2.73. The van der Waals surface area contributed by atoms with Gasteiger partial charge in [0.15, 0.2) is 0 Å². The van der Waals surface area contributed by atoms with Crippen molar-refractivity contribution in [3.8, 4) is 0 Å². The van der Waals surface area contributed by atoms with Crippen molar-refractivity contribution in [1.82, 2.24) is 15.3 Å². The summed E-state index contributed by atoms with van der Waals surface area (Å²) in [7, 11) is 0. The number of carbonyl (C=O) groups is 1. The van der Waals surface area contributed by atoms with Crippen LogP contribution in [-0.2, 0) is 0 Å². The number of hydrogen-bond donors (Lipinski definition) is 2. The van der Waals surface area contributed by atoms with E-state index in [9.17, 15) is 4.79 Å². The Balaban J connectivity index is 2.03. The van der Waals surface area contributed by atoms with Crippen molar-refractivity contribution >= 4 is 16.9 Å². The van der Waals surface area contributed by atoms with Gasteiger partial charge in [0.2, 0.25) is 0 Å². The number of nitrogens with one attached hydrogen (secondary N) is 2. The third-order valence-corrected chi connectivity index (χ3v) is 2.93. The van der Waals surface area contributed by atoms with Crippen LogP contribution in [0.25, 0.3) is 11.0 Å². The number of unbranched alkanes of at least 4 members (excludes halogenated alkanes) is 2. The summed E-state index contributed by atoms with van der Waals surface area (Å²) in [6.45, 7) is 4.80. The molecule has 2 N–H and O–H groups in total. The quantitative estimate of drug-likeness (QED) is 0.796. The molecule has 0 spiro atoms. The predicted molar refractivity (Wildman–Crippen MR) is 72.7 cm³/mol. The van der Waals surface area contributed by atoms with Crippen molar-refractivity contribution in [2.24, 2.45) is 0 Å². The van der Waals surface area contributed by atoms with E-state index in [0.717, 1.165) is 42.7 Å². The lowest BCUT2D eigenvalue weighted by Crippen LogP contribution is -2.24. The second-order valence-corrected chi connectivity index (χ2v) is 4.52. The Labute approximate surface area is 107 Å². The topological polar surface area (TPSA) is 57.8 Å². The first kappa shape index (κ1) is 12.6. The molecule has 1 aromatic carbocycles. The first-order chi connectivity index (χ1) is 8.70. The maximum Gasteiger partial charge on any atom is 0.251 e. The molecular formula is C14H19N3O. The number of nitrogens with zero attached hydrogens (tertiary/aromatic N) is 1. The van der Waals surface area contributed by atoms with E-state index >= 15 is 0 Å². The first-order valence-corrected chi connectivity index (χ1v) is 6.45. The molecule has 18 heavy (non-hydrogen) atoms. The van der Waals surface area contributed by atoms with Crippen LogP contribution in [0.3, 0.4) is 0 Å². The minimum absolute atomic E-state index is 0.0137. The molecule has 0 saturated heterocycles. The summed E-state index contributed by atoms with van der Waals surface area (Å²) in [4.78, 5) is 19.4. The summed E-state index contributed by atoms with van der Waals surface area (Å²) in [6, 6.07) is 5.54. The Bertz CT molecular complexity index is 545. The van der Waals surface area contributed by atoms with E-state index in [1.165, 1.54) is 0 Å². The molecule has 0 aliphatic rings. The van der Waals surface area contributed by atoms with Crippen LogP contribution in [0.2, 0.25) is 0 Å². The number of fused-ring (bicyclic) bond motifs is 1. The van der Waals surface area contributed by atoms with Gasteiger partial charge in [0.25, 0.3) is 5.91 Å². The number of H-pyrrole nitrogens is 1. The molecule has 2 aromatic rings. The molecule has 96 valence electrons. The second-order valence-electron chi connectivity index (χ2n) is 4.52. The molecular weight excluding hydrogens is 226 g/mol. The van der Waals surface area contributed by atoms with E-state index in [4.69, 9.17) is 0 Å². The fraction of sp³-hybridized carbons (Fsp3) is 0.429. The predicted octanol–water partition coefficient (Wildman–Crippen LogP) is 2.79. The molecule has 1 heterocycles. The van der Waals surface area contributed by atoms with Crippen LogP contribution in [0.1, 0.15) is 42.4 Å². The lowest BCUT2D eigenvalue weighted by Gasteiger charge is -2.04. The van der Waals surface area contributed by atoms with Gasteiger partial charge in [0, 0.05) is 12.1 Å². The summed E-state index contributed by atoms with van der Waals surface area (Å²) in [5, 5.41) is 2.93. The molecule has 0 aliphatic heterocycles. The van der Waals surface area contributed by atoms with Gasteiger partial charge in [-0.1, -0.05) is 19.8 Å². The molecule has 0 fully saturated rings. The van der Waals surface area contributed by atoms with Gasteiger partial charge in [-0.15, -0.1) is 0 Å². The molecule has 0 unspecified atom stereocenters. The van der Waals surface area contributed by atoms with Crippen LogP contribution in [0.15, 0.2) is 18.2 Å². The molecule has 1 aromatic heterocycles. The van der Waals surface area contributed by atoms with Crippen LogP contribution in [0.4, 0.5) is 0 Å². The molecule has 0 saturated carbocycles. The minimum Gasteiger partial charge on any atom is -0.352 e. The van der Waals surface area contributed by atoms with Gasteiger partial charge in [-0.2, -0.15) is 0 Å². The van der Waals surface area contributed by atoms with Gasteiger partial charge in [0.1, 0.15) is 5.82 Å². The van der Waals surface area contributed by atoms with E-state index in [1.807, 2.05) is 25.1 Å². The second kappa shape index (κ2) is 5.67. The first-order valence-electron chi connectivity index (χ1n) is 6.45. The summed E-state index contributed by atoms with van der Waals surface area (Å²) >= 11 is 0. The summed E-state index contributed by atoms with van der Waals surface area (Å²) in [5.41, 5.74) is 2.49. The number of carbonyl (C=O) groups excluding carboxylic acids is 1. The van der Waals surface area contributed by atoms with Crippen LogP contribution in [0, 0.1) is 6.92 Å². The third-order valence-electron chi connectivity index (χ3n) is 2.93. The maximum absolute atomic E-state index is 11.9. The third kappa shape index (κ3) is 2.88. The van der Waals surface area contributed by atoms with E-state index in [1.54, 1.807) is 0 Å². The van der Waals surface area contributed by atoms with E-state index in [-0.39, 0.29) is 5.91 Å². The monoisotopic (exact) mass is 245 g/mol. The summed E-state index contributed by atoms with van der Waals surface area (Å²) in [5.74, 6) is 0.853. The zero-order valence-corrected chi connectivity index (χ0v) is 10.9. The number of aromatic nitrogens is 2. The smallest absolute Gasteiger partial charge is 0.251 e. The molecule has 0 aliphatic carbocycles. The lowest BCUT2D eigenvalue weighted by molar-refractivity contribution is 0.0953. The number of aromatic amines is 1. The van der Waals surface area contributed by atoms with Gasteiger partial charge in [0.05, 0.1) is 11.0 Å². The van der Waals surface area contributed by atoms with Crippen LogP contribution >= 0.6 is 0 Å². The maximum atomic E-state index is 11.9. The number of imidazole rings is 1. The number of amides is 1. The average molecular weight is 245 g/mol. The number of hydrogen-bond acceptors (Lipinski definition) is 2. The van der Waals surface area contributed by atoms with Crippen molar-refractivity contribution in [2.75, 3.05) is 6.54 Å². The van der Waals surface area contributed by atoms with E-state index < -0.39 is 0 Å². The Morgan fingerprint density at radius 1 is 1.39 bits per heavy atom. The zero-order valence-electron chi connectivity index (χ0n) is 10.9. The largest absolute Gasteiger partial charge is 0.352 e. The highest BCUT2D eigenvalue weighted by molar-refractivity contribution is 5.97. The standard InChI is InChI=1S/C14H19N3O/c1-3-4-5-8-15-14(18)11-6-7-12-13(9-11)17-10(2)16-12/h6-7,9H,3-5,8H2,1-2H3,(H,15,18)(H,16,17). The number of benzene rings is 1. The van der Waals surface area contributed by atoms with E-state index in [0.29, 0.717) is 5.56 Å². The van der Waals surface area contributed by atoms with Crippen LogP contribution in [-0.4, -0.2) is 22.4 Å². The molecule has 0 atom stereocenters. The van der Waals surface area contributed by atoms with Crippen molar-refractivity contribution in [1.29, 1.82) is 0 Å². The van der Waals surface area contributed by atoms with Crippen molar-refractivity contribution in [2.45, 2.75) is 33.1 Å². The van der Waals surface area contributed by atoms with Gasteiger partial charge >= 0.3 is 0 Å². The summed E-state index contributed by atoms with van der Waals surface area (Å²) < 4.78 is 0. The Morgan fingerprint density at radius 3 is 3.00 bits per heavy atom. The lowest BCUT2D eigenvalue weighted by atomic mass is 10.2. The van der Waals surface area contributed by atoms with Gasteiger partial charge in [-0.05, 0) is 31.5 Å². The SMILES string of the molecule is CCCCCNC(=O)c1ccc2nc(C)[nH]c2c1. The molecule has 0 bridgehead atoms. The van der Waals surface area contributed by atoms with Crippen LogP contribution < -0.4 is 5.32 Å². The fourth-order valence-electron chi connectivity index (χ4n) is 1.96. The highest BCUT2D eigenvalue weighted by Gasteiger charge is 2.07. The van der Waals surface area contributed by atoms with Crippen LogP contribution in [0.5, 0.6) is 0 Å². The molecule has 4 nitrogen and oxygen atoms in total. The van der Waals surface area contributed by atoms with Gasteiger partial charge < -0.3 is 10.3 Å². The summed E-state index contributed by atoms with van der Waals surface area (Å²) in [6.07, 6.45) is 3.35. The molecule has 2 rings (SSSR count). The normalized spacial score (nSPS) is 10.8. The Hall–Kier alpha value is -1.84. The number of aryl methyl sites for hydroxylation is 1. The Kier molecular flexibility index (Phi) is 3.97. The molecule has 4 heteroatoms. The van der Waals surface area contributed by atoms with Crippen molar-refractivity contribution < 1.29 is 4.79 Å².